The Morgan fingerprint density at radius 1 is 1.24 bits per heavy atom. The Morgan fingerprint density at radius 3 is 2.56 bits per heavy atom. The van der Waals surface area contributed by atoms with Gasteiger partial charge in [0.15, 0.2) is 18.1 Å². The van der Waals surface area contributed by atoms with Gasteiger partial charge in [0.05, 0.1) is 7.11 Å². The molecule has 1 rings (SSSR count). The van der Waals surface area contributed by atoms with Crippen LogP contribution < -0.4 is 14.8 Å². The molecule has 0 saturated heterocycles. The van der Waals surface area contributed by atoms with Gasteiger partial charge in [0, 0.05) is 11.6 Å². The van der Waals surface area contributed by atoms with Crippen LogP contribution in [0.3, 0.4) is 0 Å². The summed E-state index contributed by atoms with van der Waals surface area (Å²) in [7, 11) is 1.53. The lowest BCUT2D eigenvalue weighted by Crippen LogP contribution is -2.42. The minimum absolute atomic E-state index is 0.321. The molecule has 136 valence electrons. The summed E-state index contributed by atoms with van der Waals surface area (Å²) >= 11 is 0. The van der Waals surface area contributed by atoms with Gasteiger partial charge in [-0.15, -0.1) is 0 Å². The minimum Gasteiger partial charge on any atom is -0.493 e. The summed E-state index contributed by atoms with van der Waals surface area (Å²) in [4.78, 5) is 23.3. The van der Waals surface area contributed by atoms with Gasteiger partial charge in [-0.05, 0) is 44.5 Å². The molecular weight excluding hydrogens is 322 g/mol. The molecule has 1 N–H and O–H groups in total. The number of carbonyl (C=O) groups is 2. The first-order chi connectivity index (χ1) is 11.7. The number of esters is 1. The molecule has 0 unspecified atom stereocenters. The monoisotopic (exact) mass is 347 g/mol. The van der Waals surface area contributed by atoms with E-state index in [1.165, 1.54) is 13.2 Å². The molecule has 1 aromatic carbocycles. The standard InChI is InChI=1S/C19H25NO5/c1-6-11-24-15-9-7-14(12-16(15)23-5)8-10-18(22)25-13-17(21)20-19(2,3)4/h6-10,12H,1,11,13H2,2-5H3,(H,20,21)/b10-8+. The fourth-order valence-corrected chi connectivity index (χ4v) is 1.86. The third-order valence-corrected chi connectivity index (χ3v) is 2.82. The highest BCUT2D eigenvalue weighted by Crippen LogP contribution is 2.28. The zero-order chi connectivity index (χ0) is 18.9. The van der Waals surface area contributed by atoms with Crippen LogP contribution in [0.1, 0.15) is 26.3 Å². The van der Waals surface area contributed by atoms with E-state index in [0.717, 1.165) is 5.56 Å². The van der Waals surface area contributed by atoms with Crippen LogP contribution in [0, 0.1) is 0 Å². The van der Waals surface area contributed by atoms with Gasteiger partial charge >= 0.3 is 5.97 Å². The maximum absolute atomic E-state index is 11.7. The summed E-state index contributed by atoms with van der Waals surface area (Å²) < 4.78 is 15.6. The molecule has 1 amide bonds. The molecule has 6 heteroatoms. The van der Waals surface area contributed by atoms with Crippen molar-refractivity contribution >= 4 is 18.0 Å². The molecular formula is C19H25NO5. The van der Waals surface area contributed by atoms with Crippen molar-refractivity contribution < 1.29 is 23.8 Å². The van der Waals surface area contributed by atoms with Gasteiger partial charge in [0.25, 0.3) is 5.91 Å². The second-order valence-corrected chi connectivity index (χ2v) is 6.25. The van der Waals surface area contributed by atoms with Crippen LogP contribution in [0.25, 0.3) is 6.08 Å². The van der Waals surface area contributed by atoms with Gasteiger partial charge in [-0.1, -0.05) is 18.7 Å². The number of amides is 1. The van der Waals surface area contributed by atoms with E-state index in [0.29, 0.717) is 18.1 Å². The summed E-state index contributed by atoms with van der Waals surface area (Å²) in [5.74, 6) is 0.178. The molecule has 0 aromatic heterocycles. The van der Waals surface area contributed by atoms with Crippen molar-refractivity contribution in [1.82, 2.24) is 5.32 Å². The van der Waals surface area contributed by atoms with E-state index in [-0.39, 0.29) is 18.1 Å². The van der Waals surface area contributed by atoms with Crippen molar-refractivity contribution in [3.63, 3.8) is 0 Å². The molecule has 0 bridgehead atoms. The molecule has 0 fully saturated rings. The van der Waals surface area contributed by atoms with Gasteiger partial charge in [-0.2, -0.15) is 0 Å². The number of carbonyl (C=O) groups excluding carboxylic acids is 2. The highest BCUT2D eigenvalue weighted by molar-refractivity contribution is 5.89. The molecule has 0 heterocycles. The van der Waals surface area contributed by atoms with Crippen LogP contribution in [-0.4, -0.2) is 37.7 Å². The van der Waals surface area contributed by atoms with Crippen molar-refractivity contribution in [3.05, 3.63) is 42.5 Å². The van der Waals surface area contributed by atoms with E-state index >= 15 is 0 Å². The Hall–Kier alpha value is -2.76. The third kappa shape index (κ3) is 8.06. The Balaban J connectivity index is 2.61. The van der Waals surface area contributed by atoms with Crippen molar-refractivity contribution in [1.29, 1.82) is 0 Å². The highest BCUT2D eigenvalue weighted by atomic mass is 16.5. The molecule has 0 radical (unpaired) electrons. The van der Waals surface area contributed by atoms with E-state index < -0.39 is 5.97 Å². The van der Waals surface area contributed by atoms with Crippen LogP contribution in [0.15, 0.2) is 36.9 Å². The summed E-state index contributed by atoms with van der Waals surface area (Å²) in [6.45, 7) is 9.19. The smallest absolute Gasteiger partial charge is 0.331 e. The number of benzene rings is 1. The average Bonchev–Trinajstić information content (AvgIpc) is 2.55. The minimum atomic E-state index is -0.602. The van der Waals surface area contributed by atoms with Crippen LogP contribution in [-0.2, 0) is 14.3 Å². The Bertz CT molecular complexity index is 644. The molecule has 0 saturated carbocycles. The number of methoxy groups -OCH3 is 1. The fraction of sp³-hybridized carbons (Fsp3) is 0.368. The first kappa shape index (κ1) is 20.3. The van der Waals surface area contributed by atoms with Crippen LogP contribution >= 0.6 is 0 Å². The Morgan fingerprint density at radius 2 is 1.96 bits per heavy atom. The van der Waals surface area contributed by atoms with Gasteiger partial charge in [0.1, 0.15) is 6.61 Å². The van der Waals surface area contributed by atoms with E-state index in [1.54, 1.807) is 30.4 Å². The number of ether oxygens (including phenoxy) is 3. The maximum atomic E-state index is 11.7. The molecule has 1 aromatic rings. The first-order valence-electron chi connectivity index (χ1n) is 7.82. The largest absolute Gasteiger partial charge is 0.493 e. The lowest BCUT2D eigenvalue weighted by Gasteiger charge is -2.20. The van der Waals surface area contributed by atoms with Crippen LogP contribution in [0.4, 0.5) is 0 Å². The molecule has 0 aliphatic carbocycles. The van der Waals surface area contributed by atoms with Gasteiger partial charge < -0.3 is 19.5 Å². The molecule has 0 aliphatic heterocycles. The maximum Gasteiger partial charge on any atom is 0.331 e. The molecule has 0 aliphatic rings. The van der Waals surface area contributed by atoms with E-state index in [1.807, 2.05) is 20.8 Å². The van der Waals surface area contributed by atoms with E-state index in [2.05, 4.69) is 11.9 Å². The van der Waals surface area contributed by atoms with Gasteiger partial charge in [-0.25, -0.2) is 4.79 Å². The first-order valence-corrected chi connectivity index (χ1v) is 7.82. The lowest BCUT2D eigenvalue weighted by molar-refractivity contribution is -0.144. The third-order valence-electron chi connectivity index (χ3n) is 2.82. The quantitative estimate of drug-likeness (QED) is 0.445. The highest BCUT2D eigenvalue weighted by Gasteiger charge is 2.14. The van der Waals surface area contributed by atoms with Gasteiger partial charge in [0.2, 0.25) is 0 Å². The van der Waals surface area contributed by atoms with Crippen LogP contribution in [0.2, 0.25) is 0 Å². The Labute approximate surface area is 148 Å². The summed E-state index contributed by atoms with van der Waals surface area (Å²) in [5, 5.41) is 2.71. The second-order valence-electron chi connectivity index (χ2n) is 6.25. The summed E-state index contributed by atoms with van der Waals surface area (Å²) in [6, 6.07) is 5.25. The topological polar surface area (TPSA) is 73.9 Å². The van der Waals surface area contributed by atoms with Crippen molar-refractivity contribution in [2.75, 3.05) is 20.3 Å². The number of hydrogen-bond acceptors (Lipinski definition) is 5. The van der Waals surface area contributed by atoms with Crippen molar-refractivity contribution in [3.8, 4) is 11.5 Å². The van der Waals surface area contributed by atoms with Crippen LogP contribution in [0.5, 0.6) is 11.5 Å². The number of nitrogens with one attached hydrogen (secondary N) is 1. The fourth-order valence-electron chi connectivity index (χ4n) is 1.86. The summed E-state index contributed by atoms with van der Waals surface area (Å²) in [6.07, 6.45) is 4.46. The van der Waals surface area contributed by atoms with E-state index in [9.17, 15) is 9.59 Å². The van der Waals surface area contributed by atoms with Crippen molar-refractivity contribution in [2.24, 2.45) is 0 Å². The SMILES string of the molecule is C=CCOc1ccc(/C=C/C(=O)OCC(=O)NC(C)(C)C)cc1OC. The molecule has 0 atom stereocenters. The second kappa shape index (κ2) is 9.52. The Kier molecular flexibility index (Phi) is 7.72. The number of hydrogen-bond donors (Lipinski definition) is 1. The molecule has 0 spiro atoms. The normalized spacial score (nSPS) is 11.0. The predicted molar refractivity (Wildman–Crippen MR) is 96.6 cm³/mol. The molecule has 25 heavy (non-hydrogen) atoms. The molecule has 6 nitrogen and oxygen atoms in total. The zero-order valence-electron chi connectivity index (χ0n) is 15.1. The van der Waals surface area contributed by atoms with Gasteiger partial charge in [-0.3, -0.25) is 4.79 Å². The number of rotatable bonds is 8. The lowest BCUT2D eigenvalue weighted by atomic mass is 10.1. The zero-order valence-corrected chi connectivity index (χ0v) is 15.1. The summed E-state index contributed by atoms with van der Waals surface area (Å²) in [5.41, 5.74) is 0.365. The predicted octanol–water partition coefficient (Wildman–Crippen LogP) is 2.73. The van der Waals surface area contributed by atoms with Crippen molar-refractivity contribution in [2.45, 2.75) is 26.3 Å². The van der Waals surface area contributed by atoms with E-state index in [4.69, 9.17) is 14.2 Å². The average molecular weight is 347 g/mol.